The Kier molecular flexibility index (Phi) is 4.68. The Labute approximate surface area is 96.9 Å². The average Bonchev–Trinajstić information content (AvgIpc) is 2.60. The molecule has 0 saturated carbocycles. The van der Waals surface area contributed by atoms with E-state index < -0.39 is 0 Å². The van der Waals surface area contributed by atoms with Gasteiger partial charge in [0.2, 0.25) is 0 Å². The highest BCUT2D eigenvalue weighted by atomic mass is 16.1. The number of aryl methyl sites for hydroxylation is 1. The molecule has 1 aromatic rings. The van der Waals surface area contributed by atoms with Gasteiger partial charge in [0.1, 0.15) is 11.6 Å². The molecule has 1 aromatic heterocycles. The predicted molar refractivity (Wildman–Crippen MR) is 63.9 cm³/mol. The normalized spacial score (nSPS) is 13.1. The van der Waals surface area contributed by atoms with Crippen molar-refractivity contribution < 1.29 is 4.79 Å². The van der Waals surface area contributed by atoms with E-state index in [1.165, 1.54) is 0 Å². The predicted octanol–water partition coefficient (Wildman–Crippen LogP) is 1.15. The molecule has 1 atom stereocenters. The largest absolute Gasteiger partial charge is 0.338 e. The van der Waals surface area contributed by atoms with Gasteiger partial charge in [-0.2, -0.15) is 0 Å². The lowest BCUT2D eigenvalue weighted by Gasteiger charge is -2.15. The van der Waals surface area contributed by atoms with Crippen molar-refractivity contribution in [2.24, 2.45) is 24.6 Å². The van der Waals surface area contributed by atoms with Crippen LogP contribution in [0.4, 0.5) is 0 Å². The lowest BCUT2D eigenvalue weighted by Crippen LogP contribution is -2.27. The maximum Gasteiger partial charge on any atom is 0.144 e. The van der Waals surface area contributed by atoms with Gasteiger partial charge in [-0.25, -0.2) is 4.98 Å². The van der Waals surface area contributed by atoms with Crippen LogP contribution in [0.1, 0.15) is 26.1 Å². The molecule has 0 spiro atoms. The Bertz CT molecular complexity index is 344. The van der Waals surface area contributed by atoms with Gasteiger partial charge in [0.05, 0.1) is 6.42 Å². The van der Waals surface area contributed by atoms with E-state index in [-0.39, 0.29) is 11.7 Å². The van der Waals surface area contributed by atoms with Crippen molar-refractivity contribution in [1.29, 1.82) is 0 Å². The fourth-order valence-electron chi connectivity index (χ4n) is 1.80. The summed E-state index contributed by atoms with van der Waals surface area (Å²) in [6.07, 6.45) is 4.81. The second-order valence-electron chi connectivity index (χ2n) is 4.66. The van der Waals surface area contributed by atoms with Gasteiger partial charge in [-0.1, -0.05) is 13.8 Å². The van der Waals surface area contributed by atoms with Gasteiger partial charge >= 0.3 is 0 Å². The molecular formula is C12H21N3O. The van der Waals surface area contributed by atoms with Crippen LogP contribution in [0.2, 0.25) is 0 Å². The topological polar surface area (TPSA) is 60.9 Å². The molecule has 0 aliphatic rings. The van der Waals surface area contributed by atoms with Crippen LogP contribution in [0.3, 0.4) is 0 Å². The van der Waals surface area contributed by atoms with Crippen LogP contribution in [0, 0.1) is 11.8 Å². The molecule has 0 bridgehead atoms. The molecule has 0 amide bonds. The molecule has 1 rings (SSSR count). The fourth-order valence-corrected chi connectivity index (χ4v) is 1.80. The van der Waals surface area contributed by atoms with Gasteiger partial charge in [0.15, 0.2) is 0 Å². The molecule has 1 heterocycles. The second-order valence-corrected chi connectivity index (χ2v) is 4.66. The first-order chi connectivity index (χ1) is 7.54. The first-order valence-corrected chi connectivity index (χ1v) is 5.73. The van der Waals surface area contributed by atoms with E-state index in [2.05, 4.69) is 18.8 Å². The number of nitrogens with two attached hydrogens (primary N) is 1. The standard InChI is InChI=1S/C12H21N3O/c1-9(2)6-10(8-13)11(16)7-12-14-4-5-15(12)3/h4-5,9-10H,6-8,13H2,1-3H3. The minimum atomic E-state index is -0.0308. The summed E-state index contributed by atoms with van der Waals surface area (Å²) in [7, 11) is 1.90. The van der Waals surface area contributed by atoms with Crippen molar-refractivity contribution in [1.82, 2.24) is 9.55 Å². The third-order valence-electron chi connectivity index (χ3n) is 2.75. The molecule has 4 heteroatoms. The maximum atomic E-state index is 12.0. The molecule has 0 aliphatic heterocycles. The Morgan fingerprint density at radius 1 is 1.56 bits per heavy atom. The Hall–Kier alpha value is -1.16. The van der Waals surface area contributed by atoms with E-state index in [9.17, 15) is 4.79 Å². The summed E-state index contributed by atoms with van der Waals surface area (Å²) in [6.45, 7) is 4.65. The van der Waals surface area contributed by atoms with Crippen LogP contribution in [0.15, 0.2) is 12.4 Å². The van der Waals surface area contributed by atoms with Gasteiger partial charge in [-0.15, -0.1) is 0 Å². The maximum absolute atomic E-state index is 12.0. The summed E-state index contributed by atoms with van der Waals surface area (Å²) in [5.41, 5.74) is 5.64. The van der Waals surface area contributed by atoms with Crippen molar-refractivity contribution in [2.45, 2.75) is 26.7 Å². The molecule has 0 saturated heterocycles. The van der Waals surface area contributed by atoms with Crippen molar-refractivity contribution in [3.63, 3.8) is 0 Å². The quantitative estimate of drug-likeness (QED) is 0.787. The lowest BCUT2D eigenvalue weighted by atomic mass is 9.92. The van der Waals surface area contributed by atoms with E-state index in [1.54, 1.807) is 6.20 Å². The molecular weight excluding hydrogens is 202 g/mol. The molecule has 0 aliphatic carbocycles. The average molecular weight is 223 g/mol. The van der Waals surface area contributed by atoms with Gasteiger partial charge in [-0.05, 0) is 12.3 Å². The summed E-state index contributed by atoms with van der Waals surface area (Å²) in [5.74, 6) is 1.48. The molecule has 4 nitrogen and oxygen atoms in total. The highest BCUT2D eigenvalue weighted by Crippen LogP contribution is 2.13. The first kappa shape index (κ1) is 12.9. The van der Waals surface area contributed by atoms with Crippen molar-refractivity contribution in [3.05, 3.63) is 18.2 Å². The van der Waals surface area contributed by atoms with Crippen LogP contribution >= 0.6 is 0 Å². The van der Waals surface area contributed by atoms with Crippen LogP contribution in [0.25, 0.3) is 0 Å². The Morgan fingerprint density at radius 3 is 2.69 bits per heavy atom. The number of nitrogens with zero attached hydrogens (tertiary/aromatic N) is 2. The monoisotopic (exact) mass is 223 g/mol. The SMILES string of the molecule is CC(C)CC(CN)C(=O)Cc1nccn1C. The van der Waals surface area contributed by atoms with Gasteiger partial charge in [0, 0.05) is 31.9 Å². The summed E-state index contributed by atoms with van der Waals surface area (Å²) >= 11 is 0. The molecule has 16 heavy (non-hydrogen) atoms. The zero-order chi connectivity index (χ0) is 12.1. The molecule has 0 fully saturated rings. The summed E-state index contributed by atoms with van der Waals surface area (Å²) < 4.78 is 1.88. The number of imidazole rings is 1. The number of carbonyl (C=O) groups is 1. The Balaban J connectivity index is 2.59. The van der Waals surface area contributed by atoms with Crippen molar-refractivity contribution in [3.8, 4) is 0 Å². The van der Waals surface area contributed by atoms with E-state index in [4.69, 9.17) is 5.73 Å². The molecule has 1 unspecified atom stereocenters. The number of ketones is 1. The van der Waals surface area contributed by atoms with Crippen LogP contribution in [0.5, 0.6) is 0 Å². The lowest BCUT2D eigenvalue weighted by molar-refractivity contribution is -0.122. The zero-order valence-electron chi connectivity index (χ0n) is 10.3. The summed E-state index contributed by atoms with van der Waals surface area (Å²) in [4.78, 5) is 16.1. The third-order valence-corrected chi connectivity index (χ3v) is 2.75. The highest BCUT2D eigenvalue weighted by molar-refractivity contribution is 5.82. The van der Waals surface area contributed by atoms with Crippen LogP contribution in [-0.4, -0.2) is 21.9 Å². The van der Waals surface area contributed by atoms with Crippen molar-refractivity contribution in [2.75, 3.05) is 6.54 Å². The van der Waals surface area contributed by atoms with Crippen LogP contribution in [-0.2, 0) is 18.3 Å². The van der Waals surface area contributed by atoms with E-state index >= 15 is 0 Å². The van der Waals surface area contributed by atoms with E-state index in [1.807, 2.05) is 17.8 Å². The number of Topliss-reactive ketones (excluding diaryl/α,β-unsaturated/α-hetero) is 1. The minimum absolute atomic E-state index is 0.0308. The fraction of sp³-hybridized carbons (Fsp3) is 0.667. The van der Waals surface area contributed by atoms with E-state index in [0.29, 0.717) is 18.9 Å². The second kappa shape index (κ2) is 5.80. The van der Waals surface area contributed by atoms with Gasteiger partial charge in [-0.3, -0.25) is 4.79 Å². The van der Waals surface area contributed by atoms with Gasteiger partial charge in [0.25, 0.3) is 0 Å². The van der Waals surface area contributed by atoms with Gasteiger partial charge < -0.3 is 10.3 Å². The molecule has 2 N–H and O–H groups in total. The molecule has 0 aromatic carbocycles. The number of hydrogen-bond acceptors (Lipinski definition) is 3. The number of aromatic nitrogens is 2. The smallest absolute Gasteiger partial charge is 0.144 e. The zero-order valence-corrected chi connectivity index (χ0v) is 10.3. The summed E-state index contributed by atoms with van der Waals surface area (Å²) in [6, 6.07) is 0. The first-order valence-electron chi connectivity index (χ1n) is 5.73. The van der Waals surface area contributed by atoms with E-state index in [0.717, 1.165) is 12.2 Å². The number of hydrogen-bond donors (Lipinski definition) is 1. The highest BCUT2D eigenvalue weighted by Gasteiger charge is 2.19. The number of carbonyl (C=O) groups excluding carboxylic acids is 1. The van der Waals surface area contributed by atoms with Crippen molar-refractivity contribution >= 4 is 5.78 Å². The Morgan fingerprint density at radius 2 is 2.25 bits per heavy atom. The minimum Gasteiger partial charge on any atom is -0.338 e. The third kappa shape index (κ3) is 3.45. The van der Waals surface area contributed by atoms with Crippen LogP contribution < -0.4 is 5.73 Å². The number of rotatable bonds is 6. The summed E-state index contributed by atoms with van der Waals surface area (Å²) in [5, 5.41) is 0. The molecule has 90 valence electrons. The molecule has 0 radical (unpaired) electrons.